The molecule has 0 N–H and O–H groups in total. The van der Waals surface area contributed by atoms with Crippen molar-refractivity contribution in [3.05, 3.63) is 54.1 Å². The van der Waals surface area contributed by atoms with E-state index in [9.17, 15) is 4.39 Å². The van der Waals surface area contributed by atoms with Gasteiger partial charge in [-0.05, 0) is 41.8 Å². The Morgan fingerprint density at radius 1 is 1.06 bits per heavy atom. The zero-order chi connectivity index (χ0) is 12.7. The van der Waals surface area contributed by atoms with Gasteiger partial charge in [-0.25, -0.2) is 4.39 Å². The summed E-state index contributed by atoms with van der Waals surface area (Å²) in [5, 5.41) is 0. The Hall–Kier alpha value is -1.70. The quantitative estimate of drug-likeness (QED) is 0.742. The van der Waals surface area contributed by atoms with Crippen molar-refractivity contribution in [1.82, 2.24) is 4.98 Å². The summed E-state index contributed by atoms with van der Waals surface area (Å²) in [7, 11) is 0. The van der Waals surface area contributed by atoms with Gasteiger partial charge in [0, 0.05) is 18.0 Å². The van der Waals surface area contributed by atoms with E-state index in [0.717, 1.165) is 17.5 Å². The Morgan fingerprint density at radius 2 is 1.71 bits per heavy atom. The summed E-state index contributed by atoms with van der Waals surface area (Å²) in [4.78, 5) is 3.92. The van der Waals surface area contributed by atoms with E-state index in [2.05, 4.69) is 11.9 Å². The SMILES string of the molecule is CC.CCc1ccc(F)c(-c2ccncc2)c1. The second kappa shape index (κ2) is 6.79. The maximum Gasteiger partial charge on any atom is 0.131 e. The van der Waals surface area contributed by atoms with Crippen LogP contribution in [0.2, 0.25) is 0 Å². The first-order valence-electron chi connectivity index (χ1n) is 6.00. The zero-order valence-corrected chi connectivity index (χ0v) is 10.6. The van der Waals surface area contributed by atoms with Crippen LogP contribution in [0.3, 0.4) is 0 Å². The van der Waals surface area contributed by atoms with Crippen molar-refractivity contribution in [3.63, 3.8) is 0 Å². The standard InChI is InChI=1S/C13H12FN.C2H6/c1-2-10-3-4-13(14)12(9-10)11-5-7-15-8-6-11;1-2/h3-9H,2H2,1H3;1-2H3. The van der Waals surface area contributed by atoms with Crippen molar-refractivity contribution in [3.8, 4) is 11.1 Å². The topological polar surface area (TPSA) is 12.9 Å². The van der Waals surface area contributed by atoms with Crippen LogP contribution >= 0.6 is 0 Å². The van der Waals surface area contributed by atoms with Gasteiger partial charge < -0.3 is 0 Å². The van der Waals surface area contributed by atoms with Gasteiger partial charge in [-0.3, -0.25) is 4.98 Å². The zero-order valence-electron chi connectivity index (χ0n) is 10.6. The number of hydrogen-bond donors (Lipinski definition) is 0. The van der Waals surface area contributed by atoms with Crippen LogP contribution in [0, 0.1) is 5.82 Å². The molecule has 17 heavy (non-hydrogen) atoms. The predicted molar refractivity (Wildman–Crippen MR) is 70.4 cm³/mol. The molecule has 2 aromatic rings. The molecule has 0 fully saturated rings. The van der Waals surface area contributed by atoms with Crippen LogP contribution in [0.25, 0.3) is 11.1 Å². The minimum absolute atomic E-state index is 0.182. The summed E-state index contributed by atoms with van der Waals surface area (Å²) in [6.07, 6.45) is 4.26. The van der Waals surface area contributed by atoms with Crippen molar-refractivity contribution < 1.29 is 4.39 Å². The van der Waals surface area contributed by atoms with E-state index >= 15 is 0 Å². The molecule has 2 heteroatoms. The lowest BCUT2D eigenvalue weighted by atomic mass is 10.0. The maximum atomic E-state index is 13.6. The van der Waals surface area contributed by atoms with E-state index in [0.29, 0.717) is 5.56 Å². The number of aryl methyl sites for hydroxylation is 1. The van der Waals surface area contributed by atoms with Crippen LogP contribution in [-0.4, -0.2) is 4.98 Å². The fourth-order valence-corrected chi connectivity index (χ4v) is 1.55. The Bertz CT molecular complexity index is 452. The molecule has 0 spiro atoms. The number of rotatable bonds is 2. The first kappa shape index (κ1) is 13.4. The Morgan fingerprint density at radius 3 is 2.29 bits per heavy atom. The lowest BCUT2D eigenvalue weighted by molar-refractivity contribution is 0.630. The van der Waals surface area contributed by atoms with Gasteiger partial charge in [0.1, 0.15) is 5.82 Å². The van der Waals surface area contributed by atoms with Crippen LogP contribution < -0.4 is 0 Å². The van der Waals surface area contributed by atoms with E-state index < -0.39 is 0 Å². The molecule has 90 valence electrons. The average molecular weight is 231 g/mol. The van der Waals surface area contributed by atoms with Crippen LogP contribution in [0.5, 0.6) is 0 Å². The molecular formula is C15H18FN. The van der Waals surface area contributed by atoms with Crippen molar-refractivity contribution in [1.29, 1.82) is 0 Å². The summed E-state index contributed by atoms with van der Waals surface area (Å²) < 4.78 is 13.6. The van der Waals surface area contributed by atoms with Gasteiger partial charge in [-0.1, -0.05) is 26.8 Å². The molecular weight excluding hydrogens is 213 g/mol. The molecule has 1 nitrogen and oxygen atoms in total. The van der Waals surface area contributed by atoms with Crippen molar-refractivity contribution in [2.24, 2.45) is 0 Å². The van der Waals surface area contributed by atoms with E-state index in [1.165, 1.54) is 6.07 Å². The number of aromatic nitrogens is 1. The third-order valence-corrected chi connectivity index (χ3v) is 2.43. The molecule has 0 bridgehead atoms. The first-order chi connectivity index (χ1) is 8.31. The number of nitrogens with zero attached hydrogens (tertiary/aromatic N) is 1. The molecule has 0 amide bonds. The van der Waals surface area contributed by atoms with Crippen molar-refractivity contribution in [2.45, 2.75) is 27.2 Å². The van der Waals surface area contributed by atoms with Crippen LogP contribution in [0.15, 0.2) is 42.7 Å². The van der Waals surface area contributed by atoms with Gasteiger partial charge in [0.15, 0.2) is 0 Å². The Balaban J connectivity index is 0.000000686. The van der Waals surface area contributed by atoms with Crippen molar-refractivity contribution >= 4 is 0 Å². The van der Waals surface area contributed by atoms with E-state index in [4.69, 9.17) is 0 Å². The van der Waals surface area contributed by atoms with Crippen LogP contribution in [0.4, 0.5) is 4.39 Å². The molecule has 0 aliphatic carbocycles. The van der Waals surface area contributed by atoms with Gasteiger partial charge in [0.2, 0.25) is 0 Å². The van der Waals surface area contributed by atoms with Gasteiger partial charge in [-0.2, -0.15) is 0 Å². The highest BCUT2D eigenvalue weighted by Gasteiger charge is 2.04. The summed E-state index contributed by atoms with van der Waals surface area (Å²) >= 11 is 0. The minimum Gasteiger partial charge on any atom is -0.265 e. The Kier molecular flexibility index (Phi) is 5.34. The highest BCUT2D eigenvalue weighted by molar-refractivity contribution is 5.64. The normalized spacial score (nSPS) is 9.41. The molecule has 0 atom stereocenters. The predicted octanol–water partition coefficient (Wildman–Crippen LogP) is 4.48. The van der Waals surface area contributed by atoms with Crippen molar-refractivity contribution in [2.75, 3.05) is 0 Å². The summed E-state index contributed by atoms with van der Waals surface area (Å²) in [5.74, 6) is -0.182. The molecule has 1 aromatic heterocycles. The van der Waals surface area contributed by atoms with Gasteiger partial charge >= 0.3 is 0 Å². The molecule has 0 aliphatic rings. The summed E-state index contributed by atoms with van der Waals surface area (Å²) in [5.41, 5.74) is 2.66. The number of halogens is 1. The number of hydrogen-bond acceptors (Lipinski definition) is 1. The first-order valence-corrected chi connectivity index (χ1v) is 6.00. The molecule has 1 heterocycles. The number of benzene rings is 1. The third-order valence-electron chi connectivity index (χ3n) is 2.43. The summed E-state index contributed by atoms with van der Waals surface area (Å²) in [6.45, 7) is 6.06. The molecule has 0 unspecified atom stereocenters. The summed E-state index contributed by atoms with van der Waals surface area (Å²) in [6, 6.07) is 8.87. The fourth-order valence-electron chi connectivity index (χ4n) is 1.55. The van der Waals surface area contributed by atoms with Gasteiger partial charge in [0.05, 0.1) is 0 Å². The van der Waals surface area contributed by atoms with E-state index in [1.807, 2.05) is 38.1 Å². The highest BCUT2D eigenvalue weighted by Crippen LogP contribution is 2.23. The van der Waals surface area contributed by atoms with Crippen LogP contribution in [-0.2, 0) is 6.42 Å². The second-order valence-electron chi connectivity index (χ2n) is 3.40. The maximum absolute atomic E-state index is 13.6. The molecule has 2 rings (SSSR count). The largest absolute Gasteiger partial charge is 0.265 e. The molecule has 0 aliphatic heterocycles. The monoisotopic (exact) mass is 231 g/mol. The lowest BCUT2D eigenvalue weighted by Gasteiger charge is -2.05. The fraction of sp³-hybridized carbons (Fsp3) is 0.267. The third kappa shape index (κ3) is 3.38. The van der Waals surface area contributed by atoms with Gasteiger partial charge in [0.25, 0.3) is 0 Å². The molecule has 0 saturated carbocycles. The van der Waals surface area contributed by atoms with E-state index in [1.54, 1.807) is 12.4 Å². The highest BCUT2D eigenvalue weighted by atomic mass is 19.1. The van der Waals surface area contributed by atoms with E-state index in [-0.39, 0.29) is 5.82 Å². The Labute approximate surface area is 102 Å². The molecule has 0 saturated heterocycles. The lowest BCUT2D eigenvalue weighted by Crippen LogP contribution is -1.88. The van der Waals surface area contributed by atoms with Crippen LogP contribution in [0.1, 0.15) is 26.3 Å². The number of pyridine rings is 1. The second-order valence-corrected chi connectivity index (χ2v) is 3.40. The molecule has 0 radical (unpaired) electrons. The average Bonchev–Trinajstić information content (AvgIpc) is 2.42. The van der Waals surface area contributed by atoms with Gasteiger partial charge in [-0.15, -0.1) is 0 Å². The minimum atomic E-state index is -0.182. The smallest absolute Gasteiger partial charge is 0.131 e. The molecule has 1 aromatic carbocycles.